The van der Waals surface area contributed by atoms with Crippen LogP contribution in [0.1, 0.15) is 110 Å². The normalized spacial score (nSPS) is 10.8. The molecule has 4 heteroatoms. The van der Waals surface area contributed by atoms with Crippen molar-refractivity contribution >= 4 is 11.8 Å². The molecule has 2 amide bonds. The molecule has 0 spiro atoms. The van der Waals surface area contributed by atoms with Crippen LogP contribution in [0.3, 0.4) is 0 Å². The van der Waals surface area contributed by atoms with Gasteiger partial charge in [0.25, 0.3) is 0 Å². The number of hydrogen-bond donors (Lipinski definition) is 2. The van der Waals surface area contributed by atoms with Crippen LogP contribution in [0.2, 0.25) is 0 Å². The molecule has 25 heavy (non-hydrogen) atoms. The van der Waals surface area contributed by atoms with E-state index in [1.54, 1.807) is 7.05 Å². The van der Waals surface area contributed by atoms with Gasteiger partial charge in [-0.3, -0.25) is 14.9 Å². The number of imide groups is 1. The summed E-state index contributed by atoms with van der Waals surface area (Å²) >= 11 is 0. The number of rotatable bonds is 18. The van der Waals surface area contributed by atoms with Crippen molar-refractivity contribution in [1.82, 2.24) is 10.6 Å². The minimum Gasteiger partial charge on any atom is -0.311 e. The fraction of sp³-hybridized carbons (Fsp3) is 0.905. The number of unbranched alkanes of at least 4 members (excludes halogenated alkanes) is 14. The number of likely N-dealkylation sites (N-methyl/N-ethyl adjacent to an activating group) is 1. The van der Waals surface area contributed by atoms with E-state index in [2.05, 4.69) is 17.6 Å². The van der Waals surface area contributed by atoms with Gasteiger partial charge in [0.05, 0.1) is 6.54 Å². The number of hydrogen-bond acceptors (Lipinski definition) is 3. The Hall–Kier alpha value is -0.900. The van der Waals surface area contributed by atoms with Crippen molar-refractivity contribution in [3.05, 3.63) is 0 Å². The van der Waals surface area contributed by atoms with Crippen molar-refractivity contribution in [2.75, 3.05) is 13.6 Å². The van der Waals surface area contributed by atoms with Crippen LogP contribution >= 0.6 is 0 Å². The molecule has 0 aliphatic heterocycles. The molecule has 0 fully saturated rings. The number of carbonyl (C=O) groups is 2. The van der Waals surface area contributed by atoms with Gasteiger partial charge in [0.1, 0.15) is 0 Å². The van der Waals surface area contributed by atoms with Gasteiger partial charge in [0.2, 0.25) is 11.8 Å². The standard InChI is InChI=1S/C21H42N2O2/c1-3-4-5-6-7-8-9-10-11-12-13-14-15-16-17-18-20(24)23-21(25)19-22-2/h22H,3-19H2,1-2H3,(H,23,24,25). The summed E-state index contributed by atoms with van der Waals surface area (Å²) in [5, 5.41) is 5.12. The molecule has 0 aromatic carbocycles. The van der Waals surface area contributed by atoms with Gasteiger partial charge in [0, 0.05) is 6.42 Å². The first kappa shape index (κ1) is 24.1. The Bertz CT molecular complexity index is 319. The lowest BCUT2D eigenvalue weighted by Gasteiger charge is -2.04. The number of carbonyl (C=O) groups excluding carboxylic acids is 2. The zero-order valence-corrected chi connectivity index (χ0v) is 16.8. The second-order valence-electron chi connectivity index (χ2n) is 7.20. The van der Waals surface area contributed by atoms with E-state index in [1.165, 1.54) is 83.5 Å². The van der Waals surface area contributed by atoms with E-state index in [-0.39, 0.29) is 18.4 Å². The Morgan fingerprint density at radius 2 is 1.00 bits per heavy atom. The highest BCUT2D eigenvalue weighted by atomic mass is 16.2. The molecular weight excluding hydrogens is 312 g/mol. The smallest absolute Gasteiger partial charge is 0.240 e. The number of nitrogens with one attached hydrogen (secondary N) is 2. The minimum absolute atomic E-state index is 0.144. The second-order valence-corrected chi connectivity index (χ2v) is 7.20. The Labute approximate surface area is 155 Å². The van der Waals surface area contributed by atoms with Crippen molar-refractivity contribution in [2.24, 2.45) is 0 Å². The maximum Gasteiger partial charge on any atom is 0.240 e. The molecule has 0 saturated heterocycles. The molecule has 0 aliphatic carbocycles. The van der Waals surface area contributed by atoms with Crippen molar-refractivity contribution in [3.63, 3.8) is 0 Å². The Balaban J connectivity index is 3.16. The lowest BCUT2D eigenvalue weighted by atomic mass is 10.0. The summed E-state index contributed by atoms with van der Waals surface area (Å²) in [4.78, 5) is 22.7. The highest BCUT2D eigenvalue weighted by molar-refractivity contribution is 5.95. The summed E-state index contributed by atoms with van der Waals surface area (Å²) in [6, 6.07) is 0. The molecule has 0 aromatic heterocycles. The Morgan fingerprint density at radius 3 is 1.40 bits per heavy atom. The van der Waals surface area contributed by atoms with Crippen LogP contribution < -0.4 is 10.6 Å². The van der Waals surface area contributed by atoms with Crippen LogP contribution in [0.5, 0.6) is 0 Å². The molecular formula is C21H42N2O2. The lowest BCUT2D eigenvalue weighted by molar-refractivity contribution is -0.129. The van der Waals surface area contributed by atoms with E-state index in [1.807, 2.05) is 0 Å². The van der Waals surface area contributed by atoms with Gasteiger partial charge in [-0.1, -0.05) is 96.8 Å². The molecule has 0 rings (SSSR count). The highest BCUT2D eigenvalue weighted by Gasteiger charge is 2.05. The SMILES string of the molecule is CCCCCCCCCCCCCCCCCC(=O)NC(=O)CNC. The topological polar surface area (TPSA) is 58.2 Å². The second kappa shape index (κ2) is 19.4. The summed E-state index contributed by atoms with van der Waals surface area (Å²) < 4.78 is 0. The minimum atomic E-state index is -0.242. The van der Waals surface area contributed by atoms with Crippen LogP contribution in [0.15, 0.2) is 0 Å². The van der Waals surface area contributed by atoms with Crippen LogP contribution in [-0.4, -0.2) is 25.4 Å². The monoisotopic (exact) mass is 354 g/mol. The van der Waals surface area contributed by atoms with Gasteiger partial charge in [0.15, 0.2) is 0 Å². The molecule has 0 atom stereocenters. The third-order valence-corrected chi connectivity index (χ3v) is 4.62. The van der Waals surface area contributed by atoms with E-state index < -0.39 is 0 Å². The first-order valence-corrected chi connectivity index (χ1v) is 10.7. The fourth-order valence-electron chi connectivity index (χ4n) is 3.08. The molecule has 0 radical (unpaired) electrons. The summed E-state index contributed by atoms with van der Waals surface area (Å²) in [7, 11) is 1.69. The molecule has 0 unspecified atom stereocenters. The average molecular weight is 355 g/mol. The van der Waals surface area contributed by atoms with E-state index in [9.17, 15) is 9.59 Å². The first-order valence-electron chi connectivity index (χ1n) is 10.7. The van der Waals surface area contributed by atoms with Crippen LogP contribution in [-0.2, 0) is 9.59 Å². The summed E-state index contributed by atoms with van der Waals surface area (Å²) in [6.07, 6.45) is 20.2. The Morgan fingerprint density at radius 1 is 0.600 bits per heavy atom. The van der Waals surface area contributed by atoms with Crippen molar-refractivity contribution < 1.29 is 9.59 Å². The van der Waals surface area contributed by atoms with E-state index in [4.69, 9.17) is 0 Å². The van der Waals surface area contributed by atoms with E-state index in [0.29, 0.717) is 6.42 Å². The Kier molecular flexibility index (Phi) is 18.7. The average Bonchev–Trinajstić information content (AvgIpc) is 2.58. The van der Waals surface area contributed by atoms with Gasteiger partial charge in [-0.15, -0.1) is 0 Å². The molecule has 148 valence electrons. The summed E-state index contributed by atoms with van der Waals surface area (Å²) in [6.45, 7) is 2.47. The quantitative estimate of drug-likeness (QED) is 0.336. The van der Waals surface area contributed by atoms with Crippen molar-refractivity contribution in [2.45, 2.75) is 110 Å². The van der Waals surface area contributed by atoms with Crippen molar-refractivity contribution in [3.8, 4) is 0 Å². The van der Waals surface area contributed by atoms with Crippen LogP contribution in [0.4, 0.5) is 0 Å². The first-order chi connectivity index (χ1) is 12.2. The van der Waals surface area contributed by atoms with Gasteiger partial charge in [-0.2, -0.15) is 0 Å². The molecule has 0 aromatic rings. The molecule has 0 heterocycles. The summed E-state index contributed by atoms with van der Waals surface area (Å²) in [5.41, 5.74) is 0. The molecule has 0 aliphatic rings. The highest BCUT2D eigenvalue weighted by Crippen LogP contribution is 2.13. The van der Waals surface area contributed by atoms with Gasteiger partial charge < -0.3 is 5.32 Å². The fourth-order valence-corrected chi connectivity index (χ4v) is 3.08. The van der Waals surface area contributed by atoms with E-state index in [0.717, 1.165) is 12.8 Å². The summed E-state index contributed by atoms with van der Waals surface area (Å²) in [5.74, 6) is -0.386. The predicted molar refractivity (Wildman–Crippen MR) is 107 cm³/mol. The maximum atomic E-state index is 11.5. The van der Waals surface area contributed by atoms with Crippen LogP contribution in [0, 0.1) is 0 Å². The molecule has 4 nitrogen and oxygen atoms in total. The van der Waals surface area contributed by atoms with Gasteiger partial charge in [-0.05, 0) is 13.5 Å². The van der Waals surface area contributed by atoms with Gasteiger partial charge >= 0.3 is 0 Å². The predicted octanol–water partition coefficient (Wildman–Crippen LogP) is 5.11. The molecule has 2 N–H and O–H groups in total. The molecule has 0 bridgehead atoms. The zero-order chi connectivity index (χ0) is 18.6. The largest absolute Gasteiger partial charge is 0.311 e. The van der Waals surface area contributed by atoms with Crippen molar-refractivity contribution in [1.29, 1.82) is 0 Å². The van der Waals surface area contributed by atoms with Crippen LogP contribution in [0.25, 0.3) is 0 Å². The third-order valence-electron chi connectivity index (χ3n) is 4.62. The lowest BCUT2D eigenvalue weighted by Crippen LogP contribution is -2.36. The number of amides is 2. The molecule has 0 saturated carbocycles. The van der Waals surface area contributed by atoms with E-state index >= 15 is 0 Å². The van der Waals surface area contributed by atoms with Gasteiger partial charge in [-0.25, -0.2) is 0 Å². The maximum absolute atomic E-state index is 11.5. The zero-order valence-electron chi connectivity index (χ0n) is 16.8. The third kappa shape index (κ3) is 19.3.